The van der Waals surface area contributed by atoms with Crippen LogP contribution in [0.5, 0.6) is 0 Å². The summed E-state index contributed by atoms with van der Waals surface area (Å²) in [7, 11) is 0. The van der Waals surface area contributed by atoms with Gasteiger partial charge in [-0.3, -0.25) is 0 Å². The SMILES string of the molecule is CCCN(CCC(O)COC1CCC(C(C)(C)CCC)CC1)CC1CCCCO1. The predicted molar refractivity (Wildman–Crippen MR) is 121 cm³/mol. The Hall–Kier alpha value is -0.160. The van der Waals surface area contributed by atoms with Crippen LogP contribution in [0.25, 0.3) is 0 Å². The van der Waals surface area contributed by atoms with Crippen LogP contribution in [0.2, 0.25) is 0 Å². The Bertz CT molecular complexity index is 414. The quantitative estimate of drug-likeness (QED) is 0.439. The molecule has 4 heteroatoms. The molecule has 4 nitrogen and oxygen atoms in total. The van der Waals surface area contributed by atoms with Gasteiger partial charge in [0, 0.05) is 19.7 Å². The summed E-state index contributed by atoms with van der Waals surface area (Å²) in [6.45, 7) is 13.8. The minimum absolute atomic E-state index is 0.348. The van der Waals surface area contributed by atoms with E-state index in [-0.39, 0.29) is 6.10 Å². The Morgan fingerprint density at radius 3 is 2.41 bits per heavy atom. The second-order valence-corrected chi connectivity index (χ2v) is 10.3. The molecule has 1 N–H and O–H groups in total. The molecule has 0 bridgehead atoms. The molecule has 0 aromatic heterocycles. The molecule has 2 unspecified atom stereocenters. The van der Waals surface area contributed by atoms with E-state index in [1.54, 1.807) is 0 Å². The molecule has 1 heterocycles. The molecular formula is C25H49NO3. The third kappa shape index (κ3) is 9.25. The van der Waals surface area contributed by atoms with Gasteiger partial charge < -0.3 is 19.5 Å². The van der Waals surface area contributed by atoms with Gasteiger partial charge in [-0.2, -0.15) is 0 Å². The highest BCUT2D eigenvalue weighted by Crippen LogP contribution is 2.41. The Labute approximate surface area is 180 Å². The summed E-state index contributed by atoms with van der Waals surface area (Å²) in [5.74, 6) is 0.830. The Morgan fingerprint density at radius 2 is 1.79 bits per heavy atom. The highest BCUT2D eigenvalue weighted by molar-refractivity contribution is 4.83. The smallest absolute Gasteiger partial charge is 0.0786 e. The molecule has 2 fully saturated rings. The van der Waals surface area contributed by atoms with Gasteiger partial charge in [0.15, 0.2) is 0 Å². The summed E-state index contributed by atoms with van der Waals surface area (Å²) < 4.78 is 12.0. The summed E-state index contributed by atoms with van der Waals surface area (Å²) in [6.07, 6.45) is 13.5. The first-order valence-electron chi connectivity index (χ1n) is 12.6. The van der Waals surface area contributed by atoms with Gasteiger partial charge >= 0.3 is 0 Å². The molecule has 172 valence electrons. The standard InChI is InChI=1S/C25H49NO3/c1-5-15-25(3,4)21-10-12-23(13-11-21)29-20-22(27)14-17-26(16-6-2)19-24-9-7-8-18-28-24/h21-24,27H,5-20H2,1-4H3. The molecule has 2 aliphatic rings. The van der Waals surface area contributed by atoms with Gasteiger partial charge in [0.1, 0.15) is 0 Å². The molecule has 2 atom stereocenters. The first-order valence-corrected chi connectivity index (χ1v) is 12.6. The molecule has 1 saturated heterocycles. The number of aliphatic hydroxyl groups excluding tert-OH is 1. The van der Waals surface area contributed by atoms with E-state index in [4.69, 9.17) is 9.47 Å². The first kappa shape index (κ1) is 25.1. The van der Waals surface area contributed by atoms with Crippen LogP contribution in [0, 0.1) is 11.3 Å². The summed E-state index contributed by atoms with van der Waals surface area (Å²) in [4.78, 5) is 2.47. The predicted octanol–water partition coefficient (Wildman–Crippen LogP) is 5.42. The largest absolute Gasteiger partial charge is 0.391 e. The average Bonchev–Trinajstić information content (AvgIpc) is 2.72. The molecule has 1 aliphatic heterocycles. The van der Waals surface area contributed by atoms with E-state index in [1.165, 1.54) is 44.9 Å². The van der Waals surface area contributed by atoms with Gasteiger partial charge in [-0.1, -0.05) is 34.1 Å². The number of hydrogen-bond acceptors (Lipinski definition) is 4. The minimum atomic E-state index is -0.351. The van der Waals surface area contributed by atoms with Gasteiger partial charge in [0.25, 0.3) is 0 Å². The van der Waals surface area contributed by atoms with E-state index in [2.05, 4.69) is 32.6 Å². The zero-order chi connectivity index (χ0) is 21.1. The molecule has 1 aliphatic carbocycles. The van der Waals surface area contributed by atoms with Crippen LogP contribution in [0.1, 0.15) is 98.3 Å². The molecule has 0 aromatic rings. The highest BCUT2D eigenvalue weighted by atomic mass is 16.5. The Balaban J connectivity index is 1.62. The fourth-order valence-electron chi connectivity index (χ4n) is 5.37. The number of hydrogen-bond donors (Lipinski definition) is 1. The summed E-state index contributed by atoms with van der Waals surface area (Å²) in [5.41, 5.74) is 0.462. The van der Waals surface area contributed by atoms with Gasteiger partial charge in [-0.25, -0.2) is 0 Å². The third-order valence-corrected chi connectivity index (χ3v) is 7.25. The van der Waals surface area contributed by atoms with Crippen molar-refractivity contribution >= 4 is 0 Å². The zero-order valence-corrected chi connectivity index (χ0v) is 19.8. The van der Waals surface area contributed by atoms with Crippen LogP contribution in [0.3, 0.4) is 0 Å². The lowest BCUT2D eigenvalue weighted by molar-refractivity contribution is -0.0444. The van der Waals surface area contributed by atoms with Crippen molar-refractivity contribution < 1.29 is 14.6 Å². The zero-order valence-electron chi connectivity index (χ0n) is 19.8. The summed E-state index contributed by atoms with van der Waals surface area (Å²) in [5, 5.41) is 10.5. The van der Waals surface area contributed by atoms with Crippen LogP contribution >= 0.6 is 0 Å². The molecule has 1 saturated carbocycles. The maximum absolute atomic E-state index is 10.5. The van der Waals surface area contributed by atoms with Crippen molar-refractivity contribution in [2.75, 3.05) is 32.8 Å². The maximum Gasteiger partial charge on any atom is 0.0786 e. The van der Waals surface area contributed by atoms with Crippen molar-refractivity contribution in [3.05, 3.63) is 0 Å². The van der Waals surface area contributed by atoms with Gasteiger partial charge in [-0.05, 0) is 82.1 Å². The molecular weight excluding hydrogens is 362 g/mol. The van der Waals surface area contributed by atoms with Crippen LogP contribution < -0.4 is 0 Å². The molecule has 2 rings (SSSR count). The lowest BCUT2D eigenvalue weighted by Gasteiger charge is -2.39. The van der Waals surface area contributed by atoms with Crippen molar-refractivity contribution in [2.45, 2.75) is 117 Å². The first-order chi connectivity index (χ1) is 13.9. The maximum atomic E-state index is 10.5. The van der Waals surface area contributed by atoms with Crippen LogP contribution in [-0.2, 0) is 9.47 Å². The van der Waals surface area contributed by atoms with Crippen molar-refractivity contribution in [3.8, 4) is 0 Å². The van der Waals surface area contributed by atoms with Gasteiger partial charge in [0.05, 0.1) is 24.9 Å². The van der Waals surface area contributed by atoms with Gasteiger partial charge in [-0.15, -0.1) is 0 Å². The molecule has 29 heavy (non-hydrogen) atoms. The summed E-state index contributed by atoms with van der Waals surface area (Å²) in [6, 6.07) is 0. The van der Waals surface area contributed by atoms with Gasteiger partial charge in [0.2, 0.25) is 0 Å². The lowest BCUT2D eigenvalue weighted by Crippen LogP contribution is -2.38. The van der Waals surface area contributed by atoms with E-state index in [1.807, 2.05) is 0 Å². The molecule has 0 radical (unpaired) electrons. The Morgan fingerprint density at radius 1 is 1.03 bits per heavy atom. The van der Waals surface area contributed by atoms with Crippen molar-refractivity contribution in [2.24, 2.45) is 11.3 Å². The monoisotopic (exact) mass is 411 g/mol. The van der Waals surface area contributed by atoms with Crippen LogP contribution in [0.15, 0.2) is 0 Å². The average molecular weight is 412 g/mol. The highest BCUT2D eigenvalue weighted by Gasteiger charge is 2.32. The third-order valence-electron chi connectivity index (χ3n) is 7.25. The minimum Gasteiger partial charge on any atom is -0.391 e. The van der Waals surface area contributed by atoms with Crippen molar-refractivity contribution in [1.82, 2.24) is 4.90 Å². The normalized spacial score (nSPS) is 27.3. The number of ether oxygens (including phenoxy) is 2. The molecule has 0 aromatic carbocycles. The van der Waals surface area contributed by atoms with Crippen LogP contribution in [0.4, 0.5) is 0 Å². The molecule has 0 amide bonds. The lowest BCUT2D eigenvalue weighted by atomic mass is 9.68. The van der Waals surface area contributed by atoms with E-state index in [0.717, 1.165) is 57.8 Å². The van der Waals surface area contributed by atoms with Crippen molar-refractivity contribution in [1.29, 1.82) is 0 Å². The second kappa shape index (κ2) is 13.3. The van der Waals surface area contributed by atoms with Crippen molar-refractivity contribution in [3.63, 3.8) is 0 Å². The van der Waals surface area contributed by atoms with E-state index >= 15 is 0 Å². The van der Waals surface area contributed by atoms with E-state index < -0.39 is 0 Å². The molecule has 0 spiro atoms. The van der Waals surface area contributed by atoms with E-state index in [0.29, 0.717) is 24.2 Å². The fraction of sp³-hybridized carbons (Fsp3) is 1.00. The van der Waals surface area contributed by atoms with Crippen LogP contribution in [-0.4, -0.2) is 61.2 Å². The number of rotatable bonds is 13. The summed E-state index contributed by atoms with van der Waals surface area (Å²) >= 11 is 0. The fourth-order valence-corrected chi connectivity index (χ4v) is 5.37. The number of nitrogens with zero attached hydrogens (tertiary/aromatic N) is 1. The number of aliphatic hydroxyl groups is 1. The topological polar surface area (TPSA) is 41.9 Å². The van der Waals surface area contributed by atoms with E-state index in [9.17, 15) is 5.11 Å². The second-order valence-electron chi connectivity index (χ2n) is 10.3. The Kier molecular flexibility index (Phi) is 11.5.